The normalized spacial score (nSPS) is 19.2. The van der Waals surface area contributed by atoms with Crippen molar-refractivity contribution in [3.8, 4) is 11.1 Å². The number of anilines is 2. The second-order valence-electron chi connectivity index (χ2n) is 14.1. The number of nitrogens with zero attached hydrogens (tertiary/aromatic N) is 2. The predicted octanol–water partition coefficient (Wildman–Crippen LogP) is 7.14. The fraction of sp³-hybridized carbons (Fsp3) is 0.333. The highest BCUT2D eigenvalue weighted by molar-refractivity contribution is 5.96. The van der Waals surface area contributed by atoms with Crippen molar-refractivity contribution in [2.45, 2.75) is 36.4 Å². The van der Waals surface area contributed by atoms with E-state index >= 15 is 0 Å². The van der Waals surface area contributed by atoms with Crippen molar-refractivity contribution in [1.29, 1.82) is 0 Å². The molecule has 58 heavy (non-hydrogen) atoms. The summed E-state index contributed by atoms with van der Waals surface area (Å²) in [6.45, 7) is -0.578. The van der Waals surface area contributed by atoms with Gasteiger partial charge in [0.2, 0.25) is 11.8 Å². The van der Waals surface area contributed by atoms with Crippen molar-refractivity contribution in [2.24, 2.45) is 11.8 Å². The Morgan fingerprint density at radius 1 is 0.534 bits per heavy atom. The summed E-state index contributed by atoms with van der Waals surface area (Å²) in [5.74, 6) is -5.02. The van der Waals surface area contributed by atoms with Crippen molar-refractivity contribution >= 4 is 35.0 Å². The van der Waals surface area contributed by atoms with E-state index < -0.39 is 59.0 Å². The predicted molar refractivity (Wildman–Crippen MR) is 201 cm³/mol. The van der Waals surface area contributed by atoms with Crippen molar-refractivity contribution < 1.29 is 55.0 Å². The first-order valence-electron chi connectivity index (χ1n) is 18.3. The van der Waals surface area contributed by atoms with E-state index in [1.54, 1.807) is 48.5 Å². The Hall–Kier alpha value is -5.74. The van der Waals surface area contributed by atoms with Gasteiger partial charge in [-0.25, -0.2) is 0 Å². The van der Waals surface area contributed by atoms with Crippen LogP contribution in [0.25, 0.3) is 11.1 Å². The van der Waals surface area contributed by atoms with Gasteiger partial charge in [0.1, 0.15) is 0 Å². The molecular weight excluding hydrogens is 770 g/mol. The van der Waals surface area contributed by atoms with E-state index in [9.17, 15) is 45.5 Å². The lowest BCUT2D eigenvalue weighted by Gasteiger charge is -2.36. The molecule has 306 valence electrons. The maximum absolute atomic E-state index is 14.4. The van der Waals surface area contributed by atoms with Gasteiger partial charge in [-0.1, -0.05) is 84.9 Å². The monoisotopic (exact) mass is 810 g/mol. The maximum atomic E-state index is 14.4. The first kappa shape index (κ1) is 41.9. The molecule has 2 saturated heterocycles. The van der Waals surface area contributed by atoms with Crippen LogP contribution >= 0.6 is 0 Å². The number of nitrogens with one attached hydrogen (secondary N) is 2. The summed E-state index contributed by atoms with van der Waals surface area (Å²) in [5.41, 5.74) is -4.79. The Labute approximate surface area is 330 Å². The number of amides is 4. The van der Waals surface area contributed by atoms with E-state index in [2.05, 4.69) is 10.6 Å². The minimum Gasteiger partial charge on any atom is -0.356 e. The number of hydrogen-bond acceptors (Lipinski definition) is 6. The molecule has 2 N–H and O–H groups in total. The van der Waals surface area contributed by atoms with Crippen LogP contribution in [0.4, 0.5) is 37.7 Å². The van der Waals surface area contributed by atoms with E-state index in [1.807, 2.05) is 0 Å². The number of carbonyl (C=O) groups is 4. The smallest absolute Gasteiger partial charge is 0.356 e. The maximum Gasteiger partial charge on any atom is 0.430 e. The lowest BCUT2D eigenvalue weighted by Crippen LogP contribution is -2.56. The molecule has 16 heteroatoms. The number of hydrogen-bond donors (Lipinski definition) is 2. The van der Waals surface area contributed by atoms with Gasteiger partial charge in [0.25, 0.3) is 23.0 Å². The molecule has 4 atom stereocenters. The van der Waals surface area contributed by atoms with Crippen molar-refractivity contribution in [1.82, 2.24) is 9.80 Å². The molecule has 2 heterocycles. The second-order valence-corrected chi connectivity index (χ2v) is 14.1. The summed E-state index contributed by atoms with van der Waals surface area (Å²) >= 11 is 0. The van der Waals surface area contributed by atoms with Gasteiger partial charge in [-0.05, 0) is 48.2 Å². The minimum atomic E-state index is -5.06. The highest BCUT2D eigenvalue weighted by Gasteiger charge is 2.65. The molecule has 4 amide bonds. The molecule has 2 fully saturated rings. The quantitative estimate of drug-likeness (QED) is 0.156. The van der Waals surface area contributed by atoms with Crippen LogP contribution in [0, 0.1) is 11.8 Å². The van der Waals surface area contributed by atoms with Gasteiger partial charge in [-0.3, -0.25) is 19.2 Å². The second kappa shape index (κ2) is 16.6. The number of methoxy groups -OCH3 is 2. The molecule has 0 bridgehead atoms. The molecule has 0 aromatic heterocycles. The molecule has 0 spiro atoms. The van der Waals surface area contributed by atoms with Crippen LogP contribution in [-0.2, 0) is 39.9 Å². The molecule has 2 aliphatic heterocycles. The Kier molecular flexibility index (Phi) is 12.0. The first-order chi connectivity index (χ1) is 27.6. The Morgan fingerprint density at radius 2 is 0.862 bits per heavy atom. The van der Waals surface area contributed by atoms with Crippen molar-refractivity contribution in [3.05, 3.63) is 120 Å². The van der Waals surface area contributed by atoms with Gasteiger partial charge in [0, 0.05) is 62.9 Å². The average molecular weight is 811 g/mol. The van der Waals surface area contributed by atoms with Gasteiger partial charge in [0.15, 0.2) is 0 Å². The Balaban J connectivity index is 1.03. The molecule has 0 saturated carbocycles. The van der Waals surface area contributed by atoms with Crippen LogP contribution in [0.5, 0.6) is 0 Å². The van der Waals surface area contributed by atoms with E-state index in [0.29, 0.717) is 11.4 Å². The van der Waals surface area contributed by atoms with Crippen LogP contribution in [0.2, 0.25) is 0 Å². The van der Waals surface area contributed by atoms with Gasteiger partial charge in [-0.2, -0.15) is 26.3 Å². The largest absolute Gasteiger partial charge is 0.430 e. The standard InChI is InChI=1S/C42H40F6N4O6/c1-57-39(41(43,44)45,31-9-5-3-6-10-31)37(55)51-23-21-29(25-51)35(53)49-33-17-13-27(14-18-33)28-15-19-34(20-16-28)50-36(54)30-22-24-52(26-30)38(56)40(58-2,42(46,47)48)32-11-7-4-8-12-32/h3-20,29-30H,21-26H2,1-2H3,(H,49,53)(H,50,54)/t29-,30+,39-,40+. The Morgan fingerprint density at radius 3 is 1.16 bits per heavy atom. The molecule has 0 radical (unpaired) electrons. The number of likely N-dealkylation sites (tertiary alicyclic amines) is 2. The van der Waals surface area contributed by atoms with Gasteiger partial charge in [0.05, 0.1) is 11.8 Å². The number of rotatable bonds is 11. The van der Waals surface area contributed by atoms with E-state index in [0.717, 1.165) is 35.1 Å². The minimum absolute atomic E-state index is 0.0646. The fourth-order valence-electron chi connectivity index (χ4n) is 7.55. The van der Waals surface area contributed by atoms with Gasteiger partial charge in [-0.15, -0.1) is 0 Å². The first-order valence-corrected chi connectivity index (χ1v) is 18.3. The number of benzene rings is 4. The molecule has 2 aliphatic rings. The fourth-order valence-corrected chi connectivity index (χ4v) is 7.55. The Bertz CT molecular complexity index is 1950. The number of alkyl halides is 6. The summed E-state index contributed by atoms with van der Waals surface area (Å²) < 4.78 is 96.4. The van der Waals surface area contributed by atoms with E-state index in [4.69, 9.17) is 9.47 Å². The van der Waals surface area contributed by atoms with Gasteiger partial charge < -0.3 is 29.9 Å². The van der Waals surface area contributed by atoms with Crippen LogP contribution in [0.15, 0.2) is 109 Å². The van der Waals surface area contributed by atoms with E-state index in [-0.39, 0.29) is 50.1 Å². The van der Waals surface area contributed by atoms with Crippen LogP contribution < -0.4 is 10.6 Å². The van der Waals surface area contributed by atoms with Crippen molar-refractivity contribution in [2.75, 3.05) is 51.0 Å². The van der Waals surface area contributed by atoms with Crippen molar-refractivity contribution in [3.63, 3.8) is 0 Å². The lowest BCUT2D eigenvalue weighted by molar-refractivity contribution is -0.270. The third-order valence-electron chi connectivity index (χ3n) is 10.7. The summed E-state index contributed by atoms with van der Waals surface area (Å²) in [6.07, 6.45) is -9.82. The van der Waals surface area contributed by atoms with Gasteiger partial charge >= 0.3 is 12.4 Å². The lowest BCUT2D eigenvalue weighted by atomic mass is 9.91. The highest BCUT2D eigenvalue weighted by atomic mass is 19.4. The summed E-state index contributed by atoms with van der Waals surface area (Å²) in [4.78, 5) is 55.1. The van der Waals surface area contributed by atoms with Crippen LogP contribution in [0.1, 0.15) is 24.0 Å². The summed E-state index contributed by atoms with van der Waals surface area (Å²) in [6, 6.07) is 26.9. The molecular formula is C42H40F6N4O6. The zero-order valence-corrected chi connectivity index (χ0v) is 31.4. The molecule has 4 aromatic rings. The molecule has 0 aliphatic carbocycles. The molecule has 0 unspecified atom stereocenters. The number of ether oxygens (including phenoxy) is 2. The highest BCUT2D eigenvalue weighted by Crippen LogP contribution is 2.45. The zero-order valence-electron chi connectivity index (χ0n) is 31.4. The van der Waals surface area contributed by atoms with E-state index in [1.165, 1.54) is 60.7 Å². The third-order valence-corrected chi connectivity index (χ3v) is 10.7. The molecule has 6 rings (SSSR count). The number of halogens is 6. The topological polar surface area (TPSA) is 117 Å². The van der Waals surface area contributed by atoms with Crippen LogP contribution in [-0.4, -0.2) is 86.2 Å². The molecule has 4 aromatic carbocycles. The third kappa shape index (κ3) is 7.90. The summed E-state index contributed by atoms with van der Waals surface area (Å²) in [5, 5.41) is 5.53. The average Bonchev–Trinajstić information content (AvgIpc) is 3.91. The summed E-state index contributed by atoms with van der Waals surface area (Å²) in [7, 11) is 1.66. The number of carbonyl (C=O) groups excluding carboxylic acids is 4. The van der Waals surface area contributed by atoms with Crippen LogP contribution in [0.3, 0.4) is 0 Å². The SMILES string of the molecule is CO[C@](C(=O)N1CC[C@H](C(=O)Nc2ccc(-c3ccc(NC(=O)[C@@H]4CCN(C(=O)[C@](OC)(c5ccccc5)C(F)(F)F)C4)cc3)cc2)C1)(c1ccccc1)C(F)(F)F. The zero-order chi connectivity index (χ0) is 41.9. The molecule has 10 nitrogen and oxygen atoms in total.